The molecular weight excluding hydrogens is 352 g/mol. The molecule has 0 unspecified atom stereocenters. The molecular formula is C20H25ClN2O3. The van der Waals surface area contributed by atoms with E-state index in [0.717, 1.165) is 11.3 Å². The molecule has 0 spiro atoms. The molecule has 1 heterocycles. The quantitative estimate of drug-likeness (QED) is 0.713. The van der Waals surface area contributed by atoms with Gasteiger partial charge in [-0.15, -0.1) is 0 Å². The van der Waals surface area contributed by atoms with Crippen LogP contribution in [0.15, 0.2) is 40.8 Å². The van der Waals surface area contributed by atoms with Crippen LogP contribution in [0.4, 0.5) is 0 Å². The summed E-state index contributed by atoms with van der Waals surface area (Å²) in [5, 5.41) is 6.33. The van der Waals surface area contributed by atoms with E-state index in [4.69, 9.17) is 16.0 Å². The first kappa shape index (κ1) is 20.0. The van der Waals surface area contributed by atoms with Crippen LogP contribution in [-0.2, 0) is 16.1 Å². The van der Waals surface area contributed by atoms with Crippen molar-refractivity contribution in [2.24, 2.45) is 5.41 Å². The minimum atomic E-state index is -0.413. The second-order valence-corrected chi connectivity index (χ2v) is 7.60. The highest BCUT2D eigenvalue weighted by atomic mass is 35.5. The van der Waals surface area contributed by atoms with Gasteiger partial charge >= 0.3 is 0 Å². The van der Waals surface area contributed by atoms with Gasteiger partial charge in [0.05, 0.1) is 6.54 Å². The fourth-order valence-electron chi connectivity index (χ4n) is 2.23. The summed E-state index contributed by atoms with van der Waals surface area (Å²) in [4.78, 5) is 23.6. The van der Waals surface area contributed by atoms with Crippen molar-refractivity contribution in [1.29, 1.82) is 0 Å². The van der Waals surface area contributed by atoms with Crippen molar-refractivity contribution in [3.05, 3.63) is 47.2 Å². The largest absolute Gasteiger partial charge is 0.459 e. The molecule has 5 nitrogen and oxygen atoms in total. The Labute approximate surface area is 159 Å². The second-order valence-electron chi connectivity index (χ2n) is 7.16. The van der Waals surface area contributed by atoms with Gasteiger partial charge in [0.15, 0.2) is 0 Å². The van der Waals surface area contributed by atoms with E-state index in [1.54, 1.807) is 12.1 Å². The van der Waals surface area contributed by atoms with Crippen LogP contribution < -0.4 is 10.6 Å². The highest BCUT2D eigenvalue weighted by Gasteiger charge is 2.20. The summed E-state index contributed by atoms with van der Waals surface area (Å²) in [5.41, 5.74) is 0.519. The summed E-state index contributed by atoms with van der Waals surface area (Å²) in [6.45, 7) is 6.40. The third-order valence-electron chi connectivity index (χ3n) is 3.80. The van der Waals surface area contributed by atoms with Gasteiger partial charge in [0.25, 0.3) is 0 Å². The summed E-state index contributed by atoms with van der Waals surface area (Å²) in [7, 11) is 0. The van der Waals surface area contributed by atoms with Crippen molar-refractivity contribution < 1.29 is 14.0 Å². The van der Waals surface area contributed by atoms with Gasteiger partial charge in [-0.25, -0.2) is 0 Å². The number of halogens is 1. The van der Waals surface area contributed by atoms with Crippen LogP contribution >= 0.6 is 11.6 Å². The normalized spacial score (nSPS) is 11.2. The maximum absolute atomic E-state index is 11.9. The number of rotatable bonds is 7. The van der Waals surface area contributed by atoms with Crippen molar-refractivity contribution in [3.63, 3.8) is 0 Å². The molecule has 0 aliphatic carbocycles. The Hall–Kier alpha value is -2.27. The van der Waals surface area contributed by atoms with E-state index in [9.17, 15) is 9.59 Å². The molecule has 2 rings (SSSR count). The van der Waals surface area contributed by atoms with Gasteiger partial charge in [0.2, 0.25) is 11.8 Å². The molecule has 6 heteroatoms. The summed E-state index contributed by atoms with van der Waals surface area (Å²) in [5.74, 6) is 1.34. The lowest BCUT2D eigenvalue weighted by Gasteiger charge is -2.17. The molecule has 2 aromatic rings. The van der Waals surface area contributed by atoms with E-state index < -0.39 is 5.41 Å². The van der Waals surface area contributed by atoms with Gasteiger partial charge in [-0.2, -0.15) is 0 Å². The van der Waals surface area contributed by atoms with Gasteiger partial charge < -0.3 is 15.1 Å². The molecule has 26 heavy (non-hydrogen) atoms. The minimum absolute atomic E-state index is 0.0109. The minimum Gasteiger partial charge on any atom is -0.459 e. The number of hydrogen-bond donors (Lipinski definition) is 2. The third-order valence-corrected chi connectivity index (χ3v) is 4.05. The number of carbonyl (C=O) groups excluding carboxylic acids is 2. The van der Waals surface area contributed by atoms with Crippen molar-refractivity contribution in [1.82, 2.24) is 10.6 Å². The van der Waals surface area contributed by atoms with Crippen LogP contribution in [0.3, 0.4) is 0 Å². The number of furan rings is 1. The van der Waals surface area contributed by atoms with Crippen LogP contribution in [0.2, 0.25) is 5.02 Å². The smallest absolute Gasteiger partial charge is 0.225 e. The van der Waals surface area contributed by atoms with Gasteiger partial charge in [0, 0.05) is 29.0 Å². The van der Waals surface area contributed by atoms with Gasteiger partial charge in [-0.05, 0) is 42.8 Å². The second kappa shape index (κ2) is 8.90. The summed E-state index contributed by atoms with van der Waals surface area (Å²) < 4.78 is 5.74. The van der Waals surface area contributed by atoms with Crippen molar-refractivity contribution >= 4 is 23.4 Å². The summed E-state index contributed by atoms with van der Waals surface area (Å²) in [6.07, 6.45) is 0.955. The lowest BCUT2D eigenvalue weighted by Crippen LogP contribution is -2.35. The van der Waals surface area contributed by atoms with E-state index in [0.29, 0.717) is 36.7 Å². The van der Waals surface area contributed by atoms with Gasteiger partial charge in [-0.1, -0.05) is 32.4 Å². The molecule has 0 saturated heterocycles. The Morgan fingerprint density at radius 3 is 2.38 bits per heavy atom. The first-order valence-corrected chi connectivity index (χ1v) is 9.03. The first-order valence-electron chi connectivity index (χ1n) is 8.65. The number of amides is 2. The predicted octanol–water partition coefficient (Wildman–Crippen LogP) is 4.16. The Bertz CT molecular complexity index is 745. The molecule has 2 amide bonds. The maximum Gasteiger partial charge on any atom is 0.225 e. The highest BCUT2D eigenvalue weighted by Crippen LogP contribution is 2.23. The Morgan fingerprint density at radius 1 is 1.04 bits per heavy atom. The SMILES string of the molecule is CC(C)(C)C(=O)NCCCC(=O)NCc1ccc(-c2ccc(Cl)cc2)o1. The maximum atomic E-state index is 11.9. The van der Waals surface area contributed by atoms with E-state index in [2.05, 4.69) is 10.6 Å². The Morgan fingerprint density at radius 2 is 1.73 bits per heavy atom. The lowest BCUT2D eigenvalue weighted by atomic mass is 9.96. The molecule has 0 aliphatic heterocycles. The lowest BCUT2D eigenvalue weighted by molar-refractivity contribution is -0.128. The first-order chi connectivity index (χ1) is 12.3. The predicted molar refractivity (Wildman–Crippen MR) is 103 cm³/mol. The van der Waals surface area contributed by atoms with Crippen LogP contribution in [0.5, 0.6) is 0 Å². The van der Waals surface area contributed by atoms with Crippen LogP contribution in [-0.4, -0.2) is 18.4 Å². The van der Waals surface area contributed by atoms with E-state index in [-0.39, 0.29) is 11.8 Å². The molecule has 0 bridgehead atoms. The zero-order chi connectivity index (χ0) is 19.2. The molecule has 0 radical (unpaired) electrons. The molecule has 1 aromatic carbocycles. The highest BCUT2D eigenvalue weighted by molar-refractivity contribution is 6.30. The zero-order valence-corrected chi connectivity index (χ0v) is 16.2. The number of nitrogens with one attached hydrogen (secondary N) is 2. The van der Waals surface area contributed by atoms with E-state index in [1.807, 2.05) is 45.0 Å². The van der Waals surface area contributed by atoms with Crippen molar-refractivity contribution in [2.75, 3.05) is 6.54 Å². The van der Waals surface area contributed by atoms with Crippen LogP contribution in [0.1, 0.15) is 39.4 Å². The topological polar surface area (TPSA) is 71.3 Å². The molecule has 0 saturated carbocycles. The van der Waals surface area contributed by atoms with E-state index >= 15 is 0 Å². The Balaban J connectivity index is 1.71. The third kappa shape index (κ3) is 6.23. The Kier molecular flexibility index (Phi) is 6.86. The van der Waals surface area contributed by atoms with E-state index in [1.165, 1.54) is 0 Å². The molecule has 0 fully saturated rings. The number of hydrogen-bond acceptors (Lipinski definition) is 3. The van der Waals surface area contributed by atoms with Gasteiger partial charge in [0.1, 0.15) is 11.5 Å². The summed E-state index contributed by atoms with van der Waals surface area (Å²) >= 11 is 5.88. The number of benzene rings is 1. The molecule has 1 aromatic heterocycles. The fraction of sp³-hybridized carbons (Fsp3) is 0.400. The van der Waals surface area contributed by atoms with Crippen LogP contribution in [0, 0.1) is 5.41 Å². The molecule has 140 valence electrons. The van der Waals surface area contributed by atoms with Crippen LogP contribution in [0.25, 0.3) is 11.3 Å². The monoisotopic (exact) mass is 376 g/mol. The molecule has 0 atom stereocenters. The van der Waals surface area contributed by atoms with Gasteiger partial charge in [-0.3, -0.25) is 9.59 Å². The summed E-state index contributed by atoms with van der Waals surface area (Å²) in [6, 6.07) is 11.1. The van der Waals surface area contributed by atoms with Crippen molar-refractivity contribution in [3.8, 4) is 11.3 Å². The molecule has 0 aliphatic rings. The zero-order valence-electron chi connectivity index (χ0n) is 15.4. The van der Waals surface area contributed by atoms with Crippen molar-refractivity contribution in [2.45, 2.75) is 40.2 Å². The fourth-order valence-corrected chi connectivity index (χ4v) is 2.36. The number of carbonyl (C=O) groups is 2. The average Bonchev–Trinajstić information content (AvgIpc) is 3.05. The average molecular weight is 377 g/mol. The standard InChI is InChI=1S/C20H25ClN2O3/c1-20(2,3)19(25)22-12-4-5-18(24)23-13-16-10-11-17(26-16)14-6-8-15(21)9-7-14/h6-11H,4-5,12-13H2,1-3H3,(H,22,25)(H,23,24). The molecule has 2 N–H and O–H groups in total.